The maximum absolute atomic E-state index is 12.9. The lowest BCUT2D eigenvalue weighted by molar-refractivity contribution is 0.0900. The molecule has 2 unspecified atom stereocenters. The molecule has 14 heavy (non-hydrogen) atoms. The van der Waals surface area contributed by atoms with E-state index in [2.05, 4.69) is 0 Å². The van der Waals surface area contributed by atoms with Gasteiger partial charge in [-0.15, -0.1) is 0 Å². The van der Waals surface area contributed by atoms with E-state index in [9.17, 15) is 4.39 Å². The predicted octanol–water partition coefficient (Wildman–Crippen LogP) is 2.00. The van der Waals surface area contributed by atoms with Crippen molar-refractivity contribution >= 4 is 0 Å². The Kier molecular flexibility index (Phi) is 2.79. The SMILES string of the molecule is NC(c1cccc(F)c1)C1CCCO1. The Bertz CT molecular complexity index is 310. The van der Waals surface area contributed by atoms with Crippen molar-refractivity contribution in [2.75, 3.05) is 6.61 Å². The van der Waals surface area contributed by atoms with Crippen LogP contribution in [0.4, 0.5) is 4.39 Å². The van der Waals surface area contributed by atoms with Gasteiger partial charge in [-0.05, 0) is 30.5 Å². The van der Waals surface area contributed by atoms with Crippen molar-refractivity contribution in [3.63, 3.8) is 0 Å². The standard InChI is InChI=1S/C11H14FNO/c12-9-4-1-3-8(7-9)11(13)10-5-2-6-14-10/h1,3-4,7,10-11H,2,5-6,13H2. The molecule has 1 aliphatic heterocycles. The number of halogens is 1. The van der Waals surface area contributed by atoms with Crippen molar-refractivity contribution in [1.82, 2.24) is 0 Å². The van der Waals surface area contributed by atoms with Crippen LogP contribution >= 0.6 is 0 Å². The Morgan fingerprint density at radius 1 is 1.50 bits per heavy atom. The highest BCUT2D eigenvalue weighted by Crippen LogP contribution is 2.24. The molecule has 1 fully saturated rings. The van der Waals surface area contributed by atoms with Crippen LogP contribution in [0.25, 0.3) is 0 Å². The average Bonchev–Trinajstić information content (AvgIpc) is 2.69. The zero-order chi connectivity index (χ0) is 9.97. The molecule has 2 nitrogen and oxygen atoms in total. The highest BCUT2D eigenvalue weighted by atomic mass is 19.1. The van der Waals surface area contributed by atoms with Gasteiger partial charge in [0.05, 0.1) is 12.1 Å². The zero-order valence-electron chi connectivity index (χ0n) is 7.95. The summed E-state index contributed by atoms with van der Waals surface area (Å²) in [5.41, 5.74) is 6.79. The van der Waals surface area contributed by atoms with Crippen molar-refractivity contribution in [2.24, 2.45) is 5.73 Å². The molecule has 0 aliphatic carbocycles. The molecule has 2 N–H and O–H groups in total. The molecule has 0 radical (unpaired) electrons. The molecule has 1 aliphatic rings. The number of rotatable bonds is 2. The van der Waals surface area contributed by atoms with E-state index < -0.39 is 0 Å². The number of ether oxygens (including phenoxy) is 1. The van der Waals surface area contributed by atoms with E-state index in [1.165, 1.54) is 12.1 Å². The summed E-state index contributed by atoms with van der Waals surface area (Å²) in [6, 6.07) is 6.22. The molecule has 76 valence electrons. The first kappa shape index (κ1) is 9.62. The van der Waals surface area contributed by atoms with Crippen LogP contribution in [0.3, 0.4) is 0 Å². The second kappa shape index (κ2) is 4.07. The summed E-state index contributed by atoms with van der Waals surface area (Å²) < 4.78 is 18.4. The van der Waals surface area contributed by atoms with Gasteiger partial charge < -0.3 is 10.5 Å². The molecule has 1 aromatic rings. The maximum atomic E-state index is 12.9. The van der Waals surface area contributed by atoms with E-state index in [4.69, 9.17) is 10.5 Å². The molecule has 0 spiro atoms. The lowest BCUT2D eigenvalue weighted by Gasteiger charge is -2.18. The van der Waals surface area contributed by atoms with Crippen LogP contribution in [-0.4, -0.2) is 12.7 Å². The Labute approximate surface area is 82.9 Å². The first-order valence-corrected chi connectivity index (χ1v) is 4.90. The largest absolute Gasteiger partial charge is 0.376 e. The monoisotopic (exact) mass is 195 g/mol. The summed E-state index contributed by atoms with van der Waals surface area (Å²) in [5, 5.41) is 0. The van der Waals surface area contributed by atoms with Crippen LogP contribution in [0.1, 0.15) is 24.4 Å². The number of benzene rings is 1. The molecule has 0 amide bonds. The lowest BCUT2D eigenvalue weighted by Crippen LogP contribution is -2.25. The van der Waals surface area contributed by atoms with E-state index in [0.29, 0.717) is 0 Å². The van der Waals surface area contributed by atoms with Crippen molar-refractivity contribution in [3.05, 3.63) is 35.6 Å². The molecule has 0 bridgehead atoms. The van der Waals surface area contributed by atoms with Crippen LogP contribution in [0.5, 0.6) is 0 Å². The van der Waals surface area contributed by atoms with Crippen molar-refractivity contribution in [2.45, 2.75) is 25.0 Å². The number of hydrogen-bond donors (Lipinski definition) is 1. The Hall–Kier alpha value is -0.930. The molecule has 3 heteroatoms. The van der Waals surface area contributed by atoms with Crippen LogP contribution in [0, 0.1) is 5.82 Å². The average molecular weight is 195 g/mol. The van der Waals surface area contributed by atoms with E-state index in [1.807, 2.05) is 6.07 Å². The van der Waals surface area contributed by atoms with Crippen LogP contribution in [0.2, 0.25) is 0 Å². The molecular weight excluding hydrogens is 181 g/mol. The van der Waals surface area contributed by atoms with E-state index in [0.717, 1.165) is 25.0 Å². The second-order valence-electron chi connectivity index (χ2n) is 3.63. The van der Waals surface area contributed by atoms with E-state index in [-0.39, 0.29) is 18.0 Å². The van der Waals surface area contributed by atoms with Gasteiger partial charge >= 0.3 is 0 Å². The third-order valence-electron chi connectivity index (χ3n) is 2.60. The molecule has 2 rings (SSSR count). The second-order valence-corrected chi connectivity index (χ2v) is 3.63. The highest BCUT2D eigenvalue weighted by molar-refractivity contribution is 5.21. The van der Waals surface area contributed by atoms with Gasteiger partial charge in [-0.25, -0.2) is 4.39 Å². The molecule has 1 aromatic carbocycles. The molecule has 0 aromatic heterocycles. The molecular formula is C11H14FNO. The minimum atomic E-state index is -0.240. The van der Waals surface area contributed by atoms with Gasteiger partial charge in [0.1, 0.15) is 5.82 Å². The summed E-state index contributed by atoms with van der Waals surface area (Å²) in [6.45, 7) is 0.772. The molecule has 2 atom stereocenters. The summed E-state index contributed by atoms with van der Waals surface area (Å²) in [4.78, 5) is 0. The summed E-state index contributed by atoms with van der Waals surface area (Å²) >= 11 is 0. The number of nitrogens with two attached hydrogens (primary N) is 1. The number of hydrogen-bond acceptors (Lipinski definition) is 2. The minimum Gasteiger partial charge on any atom is -0.376 e. The minimum absolute atomic E-state index is 0.0526. The van der Waals surface area contributed by atoms with Gasteiger partial charge in [0.15, 0.2) is 0 Å². The van der Waals surface area contributed by atoms with Crippen molar-refractivity contribution < 1.29 is 9.13 Å². The Balaban J connectivity index is 2.13. The first-order chi connectivity index (χ1) is 6.77. The van der Waals surface area contributed by atoms with Gasteiger partial charge in [-0.1, -0.05) is 12.1 Å². The van der Waals surface area contributed by atoms with Gasteiger partial charge in [-0.2, -0.15) is 0 Å². The predicted molar refractivity (Wildman–Crippen MR) is 52.3 cm³/mol. The van der Waals surface area contributed by atoms with E-state index >= 15 is 0 Å². The quantitative estimate of drug-likeness (QED) is 0.783. The van der Waals surface area contributed by atoms with Crippen LogP contribution < -0.4 is 5.73 Å². The van der Waals surface area contributed by atoms with Gasteiger partial charge in [0, 0.05) is 6.61 Å². The molecule has 1 heterocycles. The van der Waals surface area contributed by atoms with E-state index in [1.54, 1.807) is 6.07 Å². The van der Waals surface area contributed by atoms with Crippen LogP contribution in [0.15, 0.2) is 24.3 Å². The van der Waals surface area contributed by atoms with Crippen LogP contribution in [-0.2, 0) is 4.74 Å². The molecule has 1 saturated heterocycles. The van der Waals surface area contributed by atoms with Gasteiger partial charge in [0.25, 0.3) is 0 Å². The smallest absolute Gasteiger partial charge is 0.123 e. The maximum Gasteiger partial charge on any atom is 0.123 e. The third kappa shape index (κ3) is 1.94. The summed E-state index contributed by atoms with van der Waals surface area (Å²) in [6.07, 6.45) is 2.07. The Morgan fingerprint density at radius 3 is 3.00 bits per heavy atom. The fourth-order valence-electron chi connectivity index (χ4n) is 1.81. The molecule has 0 saturated carbocycles. The fourth-order valence-corrected chi connectivity index (χ4v) is 1.81. The van der Waals surface area contributed by atoms with Gasteiger partial charge in [-0.3, -0.25) is 0 Å². The topological polar surface area (TPSA) is 35.2 Å². The summed E-state index contributed by atoms with van der Waals surface area (Å²) in [5.74, 6) is -0.240. The highest BCUT2D eigenvalue weighted by Gasteiger charge is 2.24. The first-order valence-electron chi connectivity index (χ1n) is 4.90. The normalized spacial score (nSPS) is 23.7. The lowest BCUT2D eigenvalue weighted by atomic mass is 10.0. The third-order valence-corrected chi connectivity index (χ3v) is 2.60. The van der Waals surface area contributed by atoms with Gasteiger partial charge in [0.2, 0.25) is 0 Å². The Morgan fingerprint density at radius 2 is 2.36 bits per heavy atom. The van der Waals surface area contributed by atoms with Crippen molar-refractivity contribution in [3.8, 4) is 0 Å². The summed E-state index contributed by atoms with van der Waals surface area (Å²) in [7, 11) is 0. The fraction of sp³-hybridized carbons (Fsp3) is 0.455. The zero-order valence-corrected chi connectivity index (χ0v) is 7.95. The van der Waals surface area contributed by atoms with Crippen molar-refractivity contribution in [1.29, 1.82) is 0 Å².